The fourth-order valence-corrected chi connectivity index (χ4v) is 2.66. The van der Waals surface area contributed by atoms with Crippen LogP contribution in [0, 0.1) is 0 Å². The Morgan fingerprint density at radius 2 is 2.04 bits per heavy atom. The van der Waals surface area contributed by atoms with Crippen LogP contribution in [0.1, 0.15) is 24.6 Å². The van der Waals surface area contributed by atoms with Crippen LogP contribution in [0.15, 0.2) is 40.1 Å². The third-order valence-electron chi connectivity index (χ3n) is 3.46. The predicted octanol–water partition coefficient (Wildman–Crippen LogP) is 3.43. The number of hydrogen-bond acceptors (Lipinski definition) is 5. The van der Waals surface area contributed by atoms with E-state index in [0.717, 1.165) is 49.1 Å². The Morgan fingerprint density at radius 1 is 1.23 bits per heavy atom. The van der Waals surface area contributed by atoms with Gasteiger partial charge in [0.25, 0.3) is 0 Å². The van der Waals surface area contributed by atoms with Crippen molar-refractivity contribution in [3.63, 3.8) is 0 Å². The van der Waals surface area contributed by atoms with Crippen LogP contribution in [0.2, 0.25) is 0 Å². The van der Waals surface area contributed by atoms with E-state index < -0.39 is 0 Å². The van der Waals surface area contributed by atoms with Gasteiger partial charge in [0.15, 0.2) is 5.96 Å². The van der Waals surface area contributed by atoms with E-state index >= 15 is 0 Å². The van der Waals surface area contributed by atoms with E-state index in [1.54, 1.807) is 18.4 Å². The average molecular weight is 490 g/mol. The van der Waals surface area contributed by atoms with Gasteiger partial charge in [0.1, 0.15) is 5.75 Å². The zero-order valence-electron chi connectivity index (χ0n) is 15.2. The molecule has 0 fully saturated rings. The van der Waals surface area contributed by atoms with E-state index in [2.05, 4.69) is 20.6 Å². The van der Waals surface area contributed by atoms with Crippen molar-refractivity contribution in [1.29, 1.82) is 0 Å². The summed E-state index contributed by atoms with van der Waals surface area (Å²) in [6.45, 7) is 5.57. The Hall–Kier alpha value is -1.39. The highest BCUT2D eigenvalue weighted by atomic mass is 127. The van der Waals surface area contributed by atoms with Crippen molar-refractivity contribution in [3.8, 4) is 5.75 Å². The van der Waals surface area contributed by atoms with Gasteiger partial charge in [-0.15, -0.1) is 35.3 Å². The molecule has 1 aromatic heterocycles. The Labute approximate surface area is 176 Å². The van der Waals surface area contributed by atoms with Gasteiger partial charge in [0, 0.05) is 25.1 Å². The molecule has 2 rings (SSSR count). The number of nitrogens with zero attached hydrogens (tertiary/aromatic N) is 2. The molecule has 2 aromatic rings. The number of nitrogens with one attached hydrogen (secondary N) is 2. The zero-order chi connectivity index (χ0) is 17.7. The number of hydrogen-bond donors (Lipinski definition) is 2. The fraction of sp³-hybridized carbons (Fsp3) is 0.444. The van der Waals surface area contributed by atoms with E-state index in [9.17, 15) is 0 Å². The van der Waals surface area contributed by atoms with Gasteiger partial charge in [-0.1, -0.05) is 12.1 Å². The van der Waals surface area contributed by atoms with E-state index in [0.29, 0.717) is 13.1 Å². The molecule has 0 saturated carbocycles. The van der Waals surface area contributed by atoms with Crippen molar-refractivity contribution in [1.82, 2.24) is 15.6 Å². The molecule has 0 aliphatic carbocycles. The van der Waals surface area contributed by atoms with Crippen molar-refractivity contribution in [3.05, 3.63) is 46.4 Å². The first-order valence-electron chi connectivity index (χ1n) is 8.41. The normalized spacial score (nSPS) is 10.9. The third kappa shape index (κ3) is 8.81. The molecule has 1 aromatic carbocycles. The van der Waals surface area contributed by atoms with Gasteiger partial charge in [-0.25, -0.2) is 9.98 Å². The van der Waals surface area contributed by atoms with Crippen molar-refractivity contribution >= 4 is 41.3 Å². The van der Waals surface area contributed by atoms with Crippen LogP contribution in [-0.4, -0.2) is 37.8 Å². The van der Waals surface area contributed by atoms with Crippen LogP contribution in [0.4, 0.5) is 0 Å². The highest BCUT2D eigenvalue weighted by molar-refractivity contribution is 14.0. The summed E-state index contributed by atoms with van der Waals surface area (Å²) in [5, 5.41) is 8.70. The minimum absolute atomic E-state index is 0. The predicted molar refractivity (Wildman–Crippen MR) is 118 cm³/mol. The third-order valence-corrected chi connectivity index (χ3v) is 4.10. The smallest absolute Gasteiger partial charge is 0.191 e. The lowest BCUT2D eigenvalue weighted by atomic mass is 10.2. The largest absolute Gasteiger partial charge is 0.497 e. The summed E-state index contributed by atoms with van der Waals surface area (Å²) in [6, 6.07) is 7.94. The monoisotopic (exact) mass is 490 g/mol. The molecule has 6 nitrogen and oxygen atoms in total. The van der Waals surface area contributed by atoms with Gasteiger partial charge >= 0.3 is 0 Å². The average Bonchev–Trinajstić information content (AvgIpc) is 3.17. The molecule has 0 unspecified atom stereocenters. The number of thiazole rings is 1. The quantitative estimate of drug-likeness (QED) is 0.231. The number of aromatic nitrogens is 1. The van der Waals surface area contributed by atoms with Crippen LogP contribution in [-0.2, 0) is 17.8 Å². The highest BCUT2D eigenvalue weighted by Crippen LogP contribution is 2.11. The lowest BCUT2D eigenvalue weighted by Crippen LogP contribution is -2.37. The van der Waals surface area contributed by atoms with E-state index in [1.807, 2.05) is 42.1 Å². The first-order chi connectivity index (χ1) is 12.3. The first-order valence-corrected chi connectivity index (χ1v) is 9.36. The van der Waals surface area contributed by atoms with Crippen LogP contribution in [0.3, 0.4) is 0 Å². The second-order valence-electron chi connectivity index (χ2n) is 5.32. The van der Waals surface area contributed by atoms with E-state index in [-0.39, 0.29) is 24.0 Å². The van der Waals surface area contributed by atoms with Crippen molar-refractivity contribution < 1.29 is 9.47 Å². The molecule has 0 spiro atoms. The molecule has 0 bridgehead atoms. The van der Waals surface area contributed by atoms with Crippen molar-refractivity contribution in [2.75, 3.05) is 26.9 Å². The maximum Gasteiger partial charge on any atom is 0.191 e. The van der Waals surface area contributed by atoms with Crippen LogP contribution in [0.25, 0.3) is 0 Å². The Morgan fingerprint density at radius 3 is 2.69 bits per heavy atom. The number of halogens is 1. The van der Waals surface area contributed by atoms with Crippen LogP contribution < -0.4 is 15.4 Å². The van der Waals surface area contributed by atoms with Crippen molar-refractivity contribution in [2.45, 2.75) is 26.4 Å². The summed E-state index contributed by atoms with van der Waals surface area (Å²) in [5.74, 6) is 1.63. The molecule has 2 N–H and O–H groups in total. The summed E-state index contributed by atoms with van der Waals surface area (Å²) in [5.41, 5.74) is 3.98. The number of ether oxygens (including phenoxy) is 2. The number of benzene rings is 1. The SMILES string of the molecule is CCOCCCNC(=NCc1ccc(OC)cc1)NCc1cscn1.I. The number of guanidine groups is 1. The van der Waals surface area contributed by atoms with E-state index in [4.69, 9.17) is 9.47 Å². The van der Waals surface area contributed by atoms with Gasteiger partial charge < -0.3 is 20.1 Å². The summed E-state index contributed by atoms with van der Waals surface area (Å²) in [7, 11) is 1.67. The molecule has 8 heteroatoms. The van der Waals surface area contributed by atoms with Gasteiger partial charge in [0.05, 0.1) is 31.4 Å². The Kier molecular flexibility index (Phi) is 12.0. The molecule has 1 heterocycles. The zero-order valence-corrected chi connectivity index (χ0v) is 18.4. The molecule has 0 aliphatic heterocycles. The van der Waals surface area contributed by atoms with Gasteiger partial charge in [0.2, 0.25) is 0 Å². The minimum atomic E-state index is 0. The van der Waals surface area contributed by atoms with Crippen LogP contribution in [0.5, 0.6) is 5.75 Å². The summed E-state index contributed by atoms with van der Waals surface area (Å²) in [6.07, 6.45) is 0.938. The molecule has 0 amide bonds. The highest BCUT2D eigenvalue weighted by Gasteiger charge is 2.01. The second-order valence-corrected chi connectivity index (χ2v) is 6.04. The molecule has 0 radical (unpaired) electrons. The molecular weight excluding hydrogens is 463 g/mol. The fourth-order valence-electron chi connectivity index (χ4n) is 2.10. The van der Waals surface area contributed by atoms with Gasteiger partial charge in [-0.05, 0) is 31.0 Å². The van der Waals surface area contributed by atoms with Crippen molar-refractivity contribution in [2.24, 2.45) is 4.99 Å². The molecule has 0 aliphatic rings. The van der Waals surface area contributed by atoms with Crippen LogP contribution >= 0.6 is 35.3 Å². The first kappa shape index (κ1) is 22.7. The topological polar surface area (TPSA) is 67.8 Å². The summed E-state index contributed by atoms with van der Waals surface area (Å²) in [4.78, 5) is 8.94. The second kappa shape index (κ2) is 13.8. The molecule has 26 heavy (non-hydrogen) atoms. The maximum atomic E-state index is 5.36. The molecular formula is C18H27IN4O2S. The summed E-state index contributed by atoms with van der Waals surface area (Å²) >= 11 is 1.59. The van der Waals surface area contributed by atoms with E-state index in [1.165, 1.54) is 0 Å². The molecule has 0 atom stereocenters. The number of methoxy groups -OCH3 is 1. The Balaban J connectivity index is 0.00000338. The van der Waals surface area contributed by atoms with Gasteiger partial charge in [-0.3, -0.25) is 0 Å². The molecule has 144 valence electrons. The number of aliphatic imine (C=N–C) groups is 1. The van der Waals surface area contributed by atoms with Gasteiger partial charge in [-0.2, -0.15) is 0 Å². The summed E-state index contributed by atoms with van der Waals surface area (Å²) < 4.78 is 10.5. The Bertz CT molecular complexity index is 621. The molecule has 0 saturated heterocycles. The standard InChI is InChI=1S/C18H26N4O2S.HI/c1-3-24-10-4-9-19-18(21-12-16-13-25-14-22-16)20-11-15-5-7-17(23-2)8-6-15;/h5-8,13-14H,3-4,9-12H2,1-2H3,(H2,19,20,21);1H. The minimum Gasteiger partial charge on any atom is -0.497 e. The lowest BCUT2D eigenvalue weighted by Gasteiger charge is -2.12. The lowest BCUT2D eigenvalue weighted by molar-refractivity contribution is 0.145. The number of rotatable bonds is 10. The maximum absolute atomic E-state index is 5.36.